The van der Waals surface area contributed by atoms with Crippen LogP contribution in [0.2, 0.25) is 0 Å². The summed E-state index contributed by atoms with van der Waals surface area (Å²) in [6.45, 7) is 2.91. The first-order chi connectivity index (χ1) is 11.8. The molecule has 0 amide bonds. The Bertz CT molecular complexity index is 910. The number of rotatable bonds is 3. The Balaban J connectivity index is 1.97. The minimum absolute atomic E-state index is 0.119. The number of pyridine rings is 1. The van der Waals surface area contributed by atoms with Gasteiger partial charge in [-0.25, -0.2) is 14.4 Å². The zero-order valence-electron chi connectivity index (χ0n) is 13.4. The lowest BCUT2D eigenvalue weighted by Gasteiger charge is -2.29. The van der Waals surface area contributed by atoms with Gasteiger partial charge in [0.15, 0.2) is 5.57 Å². The van der Waals surface area contributed by atoms with Gasteiger partial charge in [-0.3, -0.25) is 4.98 Å². The number of carboxylic acids is 1. The van der Waals surface area contributed by atoms with Crippen LogP contribution in [0.5, 0.6) is 0 Å². The predicted molar refractivity (Wildman–Crippen MR) is 86.7 cm³/mol. The van der Waals surface area contributed by atoms with Gasteiger partial charge >= 0.3 is 17.9 Å². The highest BCUT2D eigenvalue weighted by molar-refractivity contribution is 6.15. The molecule has 1 aromatic carbocycles. The summed E-state index contributed by atoms with van der Waals surface area (Å²) in [5.74, 6) is -4.00. The molecule has 0 saturated carbocycles. The van der Waals surface area contributed by atoms with Crippen molar-refractivity contribution >= 4 is 34.4 Å². The average Bonchev–Trinajstić information content (AvgIpc) is 2.52. The minimum atomic E-state index is -1.31. The number of hydrogen-bond donors (Lipinski definition) is 2. The summed E-state index contributed by atoms with van der Waals surface area (Å²) in [4.78, 5) is 39.1. The fourth-order valence-electron chi connectivity index (χ4n) is 2.43. The Morgan fingerprint density at radius 1 is 1.16 bits per heavy atom. The molecule has 1 fully saturated rings. The second-order valence-electron chi connectivity index (χ2n) is 5.77. The maximum Gasteiger partial charge on any atom is 0.350 e. The number of carbonyl (C=O) groups is 3. The average molecular weight is 342 g/mol. The highest BCUT2D eigenvalue weighted by Crippen LogP contribution is 2.27. The molecule has 1 saturated heterocycles. The van der Waals surface area contributed by atoms with E-state index in [1.165, 1.54) is 44.6 Å². The van der Waals surface area contributed by atoms with Crippen molar-refractivity contribution in [3.8, 4) is 0 Å². The summed E-state index contributed by atoms with van der Waals surface area (Å²) in [7, 11) is 0. The largest absolute Gasteiger partial charge is 0.478 e. The van der Waals surface area contributed by atoms with Gasteiger partial charge in [0.1, 0.15) is 0 Å². The lowest BCUT2D eigenvalue weighted by atomic mass is 10.0. The van der Waals surface area contributed by atoms with Crippen molar-refractivity contribution in [3.63, 3.8) is 0 Å². The van der Waals surface area contributed by atoms with Gasteiger partial charge in [0.25, 0.3) is 5.79 Å². The van der Waals surface area contributed by atoms with Gasteiger partial charge in [-0.2, -0.15) is 0 Å². The van der Waals surface area contributed by atoms with Gasteiger partial charge in [0, 0.05) is 48.9 Å². The van der Waals surface area contributed by atoms with Crippen molar-refractivity contribution in [2.24, 2.45) is 0 Å². The molecule has 8 heteroatoms. The first-order valence-corrected chi connectivity index (χ1v) is 7.32. The fourth-order valence-corrected chi connectivity index (χ4v) is 2.43. The van der Waals surface area contributed by atoms with Gasteiger partial charge in [0.05, 0.1) is 5.56 Å². The molecule has 0 aliphatic carbocycles. The summed E-state index contributed by atoms with van der Waals surface area (Å²) >= 11 is 0. The van der Waals surface area contributed by atoms with Gasteiger partial charge in [-0.15, -0.1) is 0 Å². The minimum Gasteiger partial charge on any atom is -0.478 e. The van der Waals surface area contributed by atoms with E-state index in [0.717, 1.165) is 0 Å². The van der Waals surface area contributed by atoms with E-state index in [4.69, 9.17) is 9.47 Å². The number of fused-ring (bicyclic) bond motifs is 1. The van der Waals surface area contributed by atoms with E-state index < -0.39 is 23.7 Å². The third kappa shape index (κ3) is 3.14. The molecule has 128 valence electrons. The molecule has 0 spiro atoms. The number of carboxylic acid groups (broad SMARTS) is 1. The van der Waals surface area contributed by atoms with Crippen LogP contribution in [0.1, 0.15) is 24.2 Å². The van der Waals surface area contributed by atoms with E-state index in [1.807, 2.05) is 0 Å². The molecule has 2 N–H and O–H groups in total. The van der Waals surface area contributed by atoms with Crippen LogP contribution in [0.25, 0.3) is 10.8 Å². The third-order valence-electron chi connectivity index (χ3n) is 3.54. The van der Waals surface area contributed by atoms with Crippen molar-refractivity contribution < 1.29 is 29.0 Å². The predicted octanol–water partition coefficient (Wildman–Crippen LogP) is 2.06. The van der Waals surface area contributed by atoms with Crippen molar-refractivity contribution in [2.45, 2.75) is 19.6 Å². The molecule has 2 aromatic rings. The van der Waals surface area contributed by atoms with Crippen molar-refractivity contribution in [1.29, 1.82) is 0 Å². The number of aromatic nitrogens is 1. The number of cyclic esters (lactones) is 2. The highest BCUT2D eigenvalue weighted by Gasteiger charge is 2.38. The first kappa shape index (κ1) is 16.4. The second kappa shape index (κ2) is 5.90. The Kier molecular flexibility index (Phi) is 3.88. The molecular formula is C17H14N2O6. The smallest absolute Gasteiger partial charge is 0.350 e. The van der Waals surface area contributed by atoms with E-state index >= 15 is 0 Å². The maximum atomic E-state index is 11.9. The number of aromatic carboxylic acids is 1. The summed E-state index contributed by atoms with van der Waals surface area (Å²) in [6.07, 6.45) is 4.14. The van der Waals surface area contributed by atoms with Crippen LogP contribution in [-0.2, 0) is 19.1 Å². The van der Waals surface area contributed by atoms with Crippen molar-refractivity contribution in [3.05, 3.63) is 47.9 Å². The molecule has 2 heterocycles. The number of anilines is 1. The zero-order chi connectivity index (χ0) is 18.2. The lowest BCUT2D eigenvalue weighted by Crippen LogP contribution is -2.42. The molecule has 1 aromatic heterocycles. The molecule has 0 unspecified atom stereocenters. The number of benzene rings is 1. The number of ether oxygens (including phenoxy) is 2. The molecule has 0 atom stereocenters. The monoisotopic (exact) mass is 342 g/mol. The molecule has 0 radical (unpaired) electrons. The van der Waals surface area contributed by atoms with Crippen LogP contribution in [0.15, 0.2) is 42.4 Å². The maximum absolute atomic E-state index is 11.9. The van der Waals surface area contributed by atoms with E-state index in [-0.39, 0.29) is 11.1 Å². The molecule has 0 bridgehead atoms. The van der Waals surface area contributed by atoms with Gasteiger partial charge in [-0.1, -0.05) is 0 Å². The van der Waals surface area contributed by atoms with Gasteiger partial charge in [0.2, 0.25) is 0 Å². The number of nitrogens with zero attached hydrogens (tertiary/aromatic N) is 1. The summed E-state index contributed by atoms with van der Waals surface area (Å²) in [5.41, 5.74) is 0.304. The van der Waals surface area contributed by atoms with Crippen LogP contribution < -0.4 is 5.32 Å². The number of hydrogen-bond acceptors (Lipinski definition) is 7. The lowest BCUT2D eigenvalue weighted by molar-refractivity contribution is -0.222. The normalized spacial score (nSPS) is 16.2. The van der Waals surface area contributed by atoms with Crippen LogP contribution in [0.4, 0.5) is 5.69 Å². The number of carbonyl (C=O) groups excluding carboxylic acids is 2. The SMILES string of the molecule is CC1(C)OC(=O)C(=CNc2ccc(C(=O)O)c3ccncc23)C(=O)O1. The van der Waals surface area contributed by atoms with Gasteiger partial charge in [-0.05, 0) is 18.2 Å². The van der Waals surface area contributed by atoms with Crippen LogP contribution in [-0.4, -0.2) is 33.8 Å². The van der Waals surface area contributed by atoms with Gasteiger partial charge < -0.3 is 19.9 Å². The van der Waals surface area contributed by atoms with E-state index in [9.17, 15) is 19.5 Å². The third-order valence-corrected chi connectivity index (χ3v) is 3.54. The standard InChI is InChI=1S/C17H14N2O6/c1-17(2)24-15(22)12(16(23)25-17)8-19-13-4-3-10(14(20)21)9-5-6-18-7-11(9)13/h3-8,19H,1-2H3,(H,20,21). The van der Waals surface area contributed by atoms with Crippen molar-refractivity contribution in [1.82, 2.24) is 4.98 Å². The van der Waals surface area contributed by atoms with Crippen molar-refractivity contribution in [2.75, 3.05) is 5.32 Å². The Morgan fingerprint density at radius 3 is 2.48 bits per heavy atom. The van der Waals surface area contributed by atoms with Crippen LogP contribution in [0, 0.1) is 0 Å². The quantitative estimate of drug-likeness (QED) is 0.495. The molecule has 8 nitrogen and oxygen atoms in total. The summed E-state index contributed by atoms with van der Waals surface area (Å²) in [5, 5.41) is 13.1. The first-order valence-electron chi connectivity index (χ1n) is 7.32. The summed E-state index contributed by atoms with van der Waals surface area (Å²) < 4.78 is 10.0. The summed E-state index contributed by atoms with van der Waals surface area (Å²) in [6, 6.07) is 4.52. The Labute approximate surface area is 142 Å². The zero-order valence-corrected chi connectivity index (χ0v) is 13.4. The Hall–Kier alpha value is -3.42. The van der Waals surface area contributed by atoms with Crippen LogP contribution in [0.3, 0.4) is 0 Å². The number of nitrogens with one attached hydrogen (secondary N) is 1. The van der Waals surface area contributed by atoms with E-state index in [0.29, 0.717) is 16.5 Å². The molecule has 3 rings (SSSR count). The Morgan fingerprint density at radius 2 is 1.84 bits per heavy atom. The van der Waals surface area contributed by atoms with Crippen LogP contribution >= 0.6 is 0 Å². The second-order valence-corrected chi connectivity index (χ2v) is 5.77. The molecular weight excluding hydrogens is 328 g/mol. The van der Waals surface area contributed by atoms with E-state index in [2.05, 4.69) is 10.3 Å². The fraction of sp³-hybridized carbons (Fsp3) is 0.176. The molecule has 1 aliphatic heterocycles. The topological polar surface area (TPSA) is 115 Å². The number of esters is 2. The molecule has 25 heavy (non-hydrogen) atoms. The van der Waals surface area contributed by atoms with E-state index in [1.54, 1.807) is 6.07 Å². The molecule has 1 aliphatic rings. The highest BCUT2D eigenvalue weighted by atomic mass is 16.7.